The maximum absolute atomic E-state index is 11.3. The molecule has 0 aliphatic carbocycles. The number of amides is 1. The summed E-state index contributed by atoms with van der Waals surface area (Å²) in [5, 5.41) is 2.89. The maximum Gasteiger partial charge on any atom is 0.238 e. The summed E-state index contributed by atoms with van der Waals surface area (Å²) in [5.41, 5.74) is 0. The summed E-state index contributed by atoms with van der Waals surface area (Å²) in [4.78, 5) is 13.5. The number of nitrogens with one attached hydrogen (secondary N) is 1. The predicted molar refractivity (Wildman–Crippen MR) is 45.7 cm³/mol. The molecule has 0 aromatic heterocycles. The van der Waals surface area contributed by atoms with Crippen LogP contribution in [0.1, 0.15) is 0 Å². The van der Waals surface area contributed by atoms with Gasteiger partial charge in [0.05, 0.1) is 6.04 Å². The van der Waals surface area contributed by atoms with Gasteiger partial charge in [-0.3, -0.25) is 9.69 Å². The van der Waals surface area contributed by atoms with Crippen molar-refractivity contribution in [1.82, 2.24) is 10.2 Å². The van der Waals surface area contributed by atoms with Crippen LogP contribution >= 0.6 is 11.8 Å². The molecule has 0 unspecified atom stereocenters. The molecule has 0 bridgehead atoms. The number of nitrogens with zero attached hydrogens (tertiary/aromatic N) is 1. The Bertz CT molecular complexity index is 172. The Kier molecular flexibility index (Phi) is 2.05. The molecule has 0 saturated carbocycles. The summed E-state index contributed by atoms with van der Waals surface area (Å²) >= 11 is 1.88. The first kappa shape index (κ1) is 7.43. The second-order valence-corrected chi connectivity index (χ2v) is 4.07. The number of carbonyl (C=O) groups excluding carboxylic acids is 1. The van der Waals surface area contributed by atoms with Gasteiger partial charge < -0.3 is 5.32 Å². The number of carbonyl (C=O) groups is 1. The van der Waals surface area contributed by atoms with E-state index in [-0.39, 0.29) is 11.9 Å². The summed E-state index contributed by atoms with van der Waals surface area (Å²) < 4.78 is 0. The van der Waals surface area contributed by atoms with E-state index >= 15 is 0 Å². The Morgan fingerprint density at radius 3 is 3.27 bits per heavy atom. The zero-order valence-corrected chi connectivity index (χ0v) is 7.19. The molecule has 2 aliphatic rings. The molecular formula is C7H12N2OS. The molecule has 0 aromatic carbocycles. The fourth-order valence-corrected chi connectivity index (χ4v) is 2.70. The summed E-state index contributed by atoms with van der Waals surface area (Å²) in [6.45, 7) is 2.96. The number of hydrogen-bond donors (Lipinski definition) is 1. The molecule has 2 saturated heterocycles. The van der Waals surface area contributed by atoms with Crippen LogP contribution in [0.25, 0.3) is 0 Å². The molecule has 0 spiro atoms. The van der Waals surface area contributed by atoms with Gasteiger partial charge in [-0.25, -0.2) is 0 Å². The third-order valence-electron chi connectivity index (χ3n) is 2.24. The van der Waals surface area contributed by atoms with Gasteiger partial charge in [-0.1, -0.05) is 0 Å². The second kappa shape index (κ2) is 3.03. The second-order valence-electron chi connectivity index (χ2n) is 2.92. The Hall–Kier alpha value is -0.220. The topological polar surface area (TPSA) is 32.3 Å². The lowest BCUT2D eigenvalue weighted by Gasteiger charge is -2.37. The van der Waals surface area contributed by atoms with Crippen LogP contribution in [-0.2, 0) is 4.79 Å². The van der Waals surface area contributed by atoms with Crippen molar-refractivity contribution in [2.75, 3.05) is 31.1 Å². The quantitative estimate of drug-likeness (QED) is 0.536. The van der Waals surface area contributed by atoms with Gasteiger partial charge in [0.15, 0.2) is 0 Å². The van der Waals surface area contributed by atoms with Crippen molar-refractivity contribution in [2.24, 2.45) is 0 Å². The largest absolute Gasteiger partial charge is 0.353 e. The zero-order chi connectivity index (χ0) is 7.68. The third-order valence-corrected chi connectivity index (χ3v) is 3.26. The van der Waals surface area contributed by atoms with Crippen LogP contribution in [0, 0.1) is 0 Å². The highest BCUT2D eigenvalue weighted by Crippen LogP contribution is 2.17. The Morgan fingerprint density at radius 1 is 1.55 bits per heavy atom. The van der Waals surface area contributed by atoms with E-state index in [1.807, 2.05) is 11.8 Å². The summed E-state index contributed by atoms with van der Waals surface area (Å²) in [5.74, 6) is 2.39. The smallest absolute Gasteiger partial charge is 0.238 e. The Labute approximate surface area is 70.5 Å². The van der Waals surface area contributed by atoms with E-state index in [9.17, 15) is 4.79 Å². The van der Waals surface area contributed by atoms with Gasteiger partial charge in [-0.15, -0.1) is 0 Å². The number of rotatable bonds is 0. The summed E-state index contributed by atoms with van der Waals surface area (Å²) in [7, 11) is 0. The minimum absolute atomic E-state index is 0.169. The van der Waals surface area contributed by atoms with Gasteiger partial charge in [-0.2, -0.15) is 11.8 Å². The Balaban J connectivity index is 2.05. The lowest BCUT2D eigenvalue weighted by molar-refractivity contribution is -0.128. The first-order chi connectivity index (χ1) is 5.38. The zero-order valence-electron chi connectivity index (χ0n) is 6.38. The van der Waals surface area contributed by atoms with Crippen molar-refractivity contribution in [3.63, 3.8) is 0 Å². The van der Waals surface area contributed by atoms with E-state index in [2.05, 4.69) is 10.2 Å². The van der Waals surface area contributed by atoms with Gasteiger partial charge >= 0.3 is 0 Å². The van der Waals surface area contributed by atoms with Crippen LogP contribution in [0.3, 0.4) is 0 Å². The highest BCUT2D eigenvalue weighted by molar-refractivity contribution is 7.99. The molecular weight excluding hydrogens is 160 g/mol. The first-order valence-corrected chi connectivity index (χ1v) is 5.13. The van der Waals surface area contributed by atoms with E-state index in [1.165, 1.54) is 5.75 Å². The average molecular weight is 172 g/mol. The maximum atomic E-state index is 11.3. The molecule has 1 atom stereocenters. The summed E-state index contributed by atoms with van der Waals surface area (Å²) in [6.07, 6.45) is 0. The molecule has 1 amide bonds. The lowest BCUT2D eigenvalue weighted by atomic mass is 10.2. The van der Waals surface area contributed by atoms with Gasteiger partial charge in [0, 0.05) is 31.1 Å². The molecule has 0 radical (unpaired) electrons. The number of fused-ring (bicyclic) bond motifs is 1. The highest BCUT2D eigenvalue weighted by Gasteiger charge is 2.31. The molecule has 2 aliphatic heterocycles. The van der Waals surface area contributed by atoms with E-state index in [0.717, 1.165) is 25.4 Å². The normalized spacial score (nSPS) is 32.7. The van der Waals surface area contributed by atoms with Crippen molar-refractivity contribution in [3.8, 4) is 0 Å². The first-order valence-electron chi connectivity index (χ1n) is 3.97. The van der Waals surface area contributed by atoms with Crippen molar-refractivity contribution >= 4 is 17.7 Å². The molecule has 0 aromatic rings. The van der Waals surface area contributed by atoms with Crippen LogP contribution < -0.4 is 5.32 Å². The SMILES string of the molecule is O=C1NCCN2CCSC[C@@H]12. The molecule has 4 heteroatoms. The molecule has 2 fully saturated rings. The molecule has 3 nitrogen and oxygen atoms in total. The van der Waals surface area contributed by atoms with E-state index < -0.39 is 0 Å². The predicted octanol–water partition coefficient (Wildman–Crippen LogP) is -0.466. The van der Waals surface area contributed by atoms with Crippen molar-refractivity contribution in [3.05, 3.63) is 0 Å². The third kappa shape index (κ3) is 1.37. The fourth-order valence-electron chi connectivity index (χ4n) is 1.59. The fraction of sp³-hybridized carbons (Fsp3) is 0.857. The molecule has 1 N–H and O–H groups in total. The number of thioether (sulfide) groups is 1. The van der Waals surface area contributed by atoms with E-state index in [4.69, 9.17) is 0 Å². The van der Waals surface area contributed by atoms with Crippen molar-refractivity contribution in [2.45, 2.75) is 6.04 Å². The Morgan fingerprint density at radius 2 is 2.45 bits per heavy atom. The average Bonchev–Trinajstić information content (AvgIpc) is 2.06. The van der Waals surface area contributed by atoms with Crippen LogP contribution in [-0.4, -0.2) is 48.0 Å². The monoisotopic (exact) mass is 172 g/mol. The van der Waals surface area contributed by atoms with E-state index in [1.54, 1.807) is 0 Å². The van der Waals surface area contributed by atoms with Crippen LogP contribution in [0.2, 0.25) is 0 Å². The van der Waals surface area contributed by atoms with Gasteiger partial charge in [0.2, 0.25) is 5.91 Å². The van der Waals surface area contributed by atoms with Gasteiger partial charge in [0.1, 0.15) is 0 Å². The number of hydrogen-bond acceptors (Lipinski definition) is 3. The van der Waals surface area contributed by atoms with Crippen LogP contribution in [0.15, 0.2) is 0 Å². The molecule has 2 rings (SSSR count). The molecule has 62 valence electrons. The minimum atomic E-state index is 0.169. The van der Waals surface area contributed by atoms with Crippen LogP contribution in [0.5, 0.6) is 0 Å². The molecule has 11 heavy (non-hydrogen) atoms. The van der Waals surface area contributed by atoms with Gasteiger partial charge in [-0.05, 0) is 0 Å². The minimum Gasteiger partial charge on any atom is -0.353 e. The number of piperazine rings is 1. The van der Waals surface area contributed by atoms with Crippen LogP contribution in [0.4, 0.5) is 0 Å². The lowest BCUT2D eigenvalue weighted by Crippen LogP contribution is -2.58. The standard InChI is InChI=1S/C7H12N2OS/c10-7-6-5-11-4-3-9(6)2-1-8-7/h6H,1-5H2,(H,8,10)/t6-/m0/s1. The molecule has 2 heterocycles. The highest BCUT2D eigenvalue weighted by atomic mass is 32.2. The van der Waals surface area contributed by atoms with Crippen molar-refractivity contribution < 1.29 is 4.79 Å². The van der Waals surface area contributed by atoms with Crippen molar-refractivity contribution in [1.29, 1.82) is 0 Å². The summed E-state index contributed by atoms with van der Waals surface area (Å²) in [6, 6.07) is 0.169. The van der Waals surface area contributed by atoms with Gasteiger partial charge in [0.25, 0.3) is 0 Å². The van der Waals surface area contributed by atoms with E-state index in [0.29, 0.717) is 0 Å².